The number of hydrogen-bond acceptors (Lipinski definition) is 4. The number of aryl methyl sites for hydroxylation is 1. The van der Waals surface area contributed by atoms with E-state index < -0.39 is 0 Å². The highest BCUT2D eigenvalue weighted by Crippen LogP contribution is 2.27. The highest BCUT2D eigenvalue weighted by Gasteiger charge is 2.14. The van der Waals surface area contributed by atoms with Crippen LogP contribution in [0.5, 0.6) is 0 Å². The SMILES string of the molecule is CCc1oc2ccccc2c1CNC(C)c1nccs1. The Morgan fingerprint density at radius 1 is 1.35 bits per heavy atom. The van der Waals surface area contributed by atoms with Crippen molar-refractivity contribution in [3.05, 3.63) is 52.2 Å². The molecule has 0 fully saturated rings. The molecule has 3 rings (SSSR count). The lowest BCUT2D eigenvalue weighted by Crippen LogP contribution is -2.18. The van der Waals surface area contributed by atoms with Gasteiger partial charge in [-0.1, -0.05) is 25.1 Å². The zero-order valence-corrected chi connectivity index (χ0v) is 12.5. The van der Waals surface area contributed by atoms with E-state index >= 15 is 0 Å². The zero-order valence-electron chi connectivity index (χ0n) is 11.7. The van der Waals surface area contributed by atoms with Crippen LogP contribution in [0.15, 0.2) is 40.3 Å². The van der Waals surface area contributed by atoms with Crippen molar-refractivity contribution in [2.24, 2.45) is 0 Å². The molecular formula is C16H18N2OS. The van der Waals surface area contributed by atoms with E-state index in [-0.39, 0.29) is 6.04 Å². The number of nitrogens with one attached hydrogen (secondary N) is 1. The van der Waals surface area contributed by atoms with Gasteiger partial charge >= 0.3 is 0 Å². The Morgan fingerprint density at radius 2 is 2.20 bits per heavy atom. The predicted octanol–water partition coefficient (Wildman–Crippen LogP) is 4.30. The lowest BCUT2D eigenvalue weighted by Gasteiger charge is -2.11. The lowest BCUT2D eigenvalue weighted by atomic mass is 10.1. The Bertz CT molecular complexity index is 688. The summed E-state index contributed by atoms with van der Waals surface area (Å²) < 4.78 is 5.92. The maximum atomic E-state index is 5.92. The monoisotopic (exact) mass is 286 g/mol. The molecule has 2 aromatic heterocycles. The average Bonchev–Trinajstić information content (AvgIpc) is 3.12. The van der Waals surface area contributed by atoms with Gasteiger partial charge in [0.15, 0.2) is 0 Å². The van der Waals surface area contributed by atoms with Gasteiger partial charge in [-0.05, 0) is 13.0 Å². The molecule has 0 spiro atoms. The zero-order chi connectivity index (χ0) is 13.9. The summed E-state index contributed by atoms with van der Waals surface area (Å²) in [5, 5.41) is 7.89. The average molecular weight is 286 g/mol. The van der Waals surface area contributed by atoms with Crippen molar-refractivity contribution in [3.63, 3.8) is 0 Å². The van der Waals surface area contributed by atoms with Crippen LogP contribution in [0, 0.1) is 0 Å². The predicted molar refractivity (Wildman–Crippen MR) is 83.0 cm³/mol. The minimum absolute atomic E-state index is 0.258. The van der Waals surface area contributed by atoms with Crippen molar-refractivity contribution in [1.29, 1.82) is 0 Å². The van der Waals surface area contributed by atoms with Crippen molar-refractivity contribution in [2.45, 2.75) is 32.9 Å². The Hall–Kier alpha value is -1.65. The molecule has 1 atom stereocenters. The third-order valence-corrected chi connectivity index (χ3v) is 4.47. The van der Waals surface area contributed by atoms with Gasteiger partial charge in [-0.25, -0.2) is 4.98 Å². The molecule has 1 unspecified atom stereocenters. The maximum absolute atomic E-state index is 5.92. The molecule has 0 amide bonds. The van der Waals surface area contributed by atoms with Gasteiger partial charge in [0.2, 0.25) is 0 Å². The van der Waals surface area contributed by atoms with Gasteiger partial charge in [0, 0.05) is 35.5 Å². The fraction of sp³-hybridized carbons (Fsp3) is 0.312. The number of furan rings is 1. The standard InChI is InChI=1S/C16H18N2OS/c1-3-14-13(12-6-4-5-7-15(12)19-14)10-18-11(2)16-17-8-9-20-16/h4-9,11,18H,3,10H2,1-2H3. The second-order valence-electron chi connectivity index (χ2n) is 4.83. The number of nitrogens with zero attached hydrogens (tertiary/aromatic N) is 1. The minimum atomic E-state index is 0.258. The van der Waals surface area contributed by atoms with Gasteiger partial charge in [0.25, 0.3) is 0 Å². The van der Waals surface area contributed by atoms with Crippen LogP contribution in [0.4, 0.5) is 0 Å². The van der Waals surface area contributed by atoms with E-state index in [1.807, 2.05) is 23.7 Å². The minimum Gasteiger partial charge on any atom is -0.461 e. The number of hydrogen-bond donors (Lipinski definition) is 1. The Kier molecular flexibility index (Phi) is 3.85. The molecule has 104 valence electrons. The van der Waals surface area contributed by atoms with Crippen molar-refractivity contribution in [2.75, 3.05) is 0 Å². The molecule has 1 aromatic carbocycles. The van der Waals surface area contributed by atoms with Crippen LogP contribution in [0.1, 0.15) is 36.2 Å². The molecule has 4 heteroatoms. The van der Waals surface area contributed by atoms with Crippen LogP contribution in [0.3, 0.4) is 0 Å². The number of thiazole rings is 1. The van der Waals surface area contributed by atoms with E-state index in [1.165, 1.54) is 10.9 Å². The third kappa shape index (κ3) is 2.49. The van der Waals surface area contributed by atoms with Crippen molar-refractivity contribution < 1.29 is 4.42 Å². The van der Waals surface area contributed by atoms with Gasteiger partial charge in [0.1, 0.15) is 16.4 Å². The third-order valence-electron chi connectivity index (χ3n) is 3.51. The number of aromatic nitrogens is 1. The van der Waals surface area contributed by atoms with Gasteiger partial charge in [0.05, 0.1) is 6.04 Å². The van der Waals surface area contributed by atoms with Gasteiger partial charge < -0.3 is 9.73 Å². The Morgan fingerprint density at radius 3 is 2.95 bits per heavy atom. The summed E-state index contributed by atoms with van der Waals surface area (Å²) in [5.74, 6) is 1.07. The molecule has 0 aliphatic heterocycles. The van der Waals surface area contributed by atoms with Crippen LogP contribution >= 0.6 is 11.3 Å². The summed E-state index contributed by atoms with van der Waals surface area (Å²) in [7, 11) is 0. The largest absolute Gasteiger partial charge is 0.461 e. The van der Waals surface area contributed by atoms with Crippen LogP contribution in [-0.2, 0) is 13.0 Å². The molecule has 0 aliphatic rings. The number of rotatable bonds is 5. The van der Waals surface area contributed by atoms with Crippen molar-refractivity contribution >= 4 is 22.3 Å². The van der Waals surface area contributed by atoms with Crippen LogP contribution in [0.2, 0.25) is 0 Å². The first kappa shape index (κ1) is 13.3. The number of benzene rings is 1. The summed E-state index contributed by atoms with van der Waals surface area (Å²) in [4.78, 5) is 4.35. The quantitative estimate of drug-likeness (QED) is 0.760. The van der Waals surface area contributed by atoms with E-state index in [0.29, 0.717) is 0 Å². The van der Waals surface area contributed by atoms with Crippen LogP contribution in [-0.4, -0.2) is 4.98 Å². The highest BCUT2D eigenvalue weighted by molar-refractivity contribution is 7.09. The summed E-state index contributed by atoms with van der Waals surface area (Å²) >= 11 is 1.68. The molecule has 0 saturated heterocycles. The second kappa shape index (κ2) is 5.77. The molecule has 0 radical (unpaired) electrons. The maximum Gasteiger partial charge on any atom is 0.134 e. The number of fused-ring (bicyclic) bond motifs is 1. The fourth-order valence-corrected chi connectivity index (χ4v) is 3.09. The summed E-state index contributed by atoms with van der Waals surface area (Å²) in [6.07, 6.45) is 2.76. The molecule has 0 saturated carbocycles. The van der Waals surface area contributed by atoms with Crippen LogP contribution in [0.25, 0.3) is 11.0 Å². The lowest BCUT2D eigenvalue weighted by molar-refractivity contribution is 0.529. The molecule has 2 heterocycles. The Balaban J connectivity index is 1.83. The molecule has 3 nitrogen and oxygen atoms in total. The molecule has 0 bridgehead atoms. The van der Waals surface area contributed by atoms with E-state index in [9.17, 15) is 0 Å². The normalized spacial score (nSPS) is 12.9. The van der Waals surface area contributed by atoms with E-state index in [1.54, 1.807) is 11.3 Å². The Labute approximate surface area is 122 Å². The van der Waals surface area contributed by atoms with Gasteiger partial charge in [-0.15, -0.1) is 11.3 Å². The smallest absolute Gasteiger partial charge is 0.134 e. The van der Waals surface area contributed by atoms with Gasteiger partial charge in [-0.2, -0.15) is 0 Å². The molecular weight excluding hydrogens is 268 g/mol. The molecule has 1 N–H and O–H groups in total. The van der Waals surface area contributed by atoms with E-state index in [0.717, 1.165) is 29.3 Å². The van der Waals surface area contributed by atoms with Gasteiger partial charge in [-0.3, -0.25) is 0 Å². The summed E-state index contributed by atoms with van der Waals surface area (Å²) in [6.45, 7) is 5.08. The second-order valence-corrected chi connectivity index (χ2v) is 5.75. The fourth-order valence-electron chi connectivity index (χ4n) is 2.42. The van der Waals surface area contributed by atoms with Crippen molar-refractivity contribution in [3.8, 4) is 0 Å². The first-order valence-corrected chi connectivity index (χ1v) is 7.79. The topological polar surface area (TPSA) is 38.1 Å². The number of para-hydroxylation sites is 1. The summed E-state index contributed by atoms with van der Waals surface area (Å²) in [6, 6.07) is 8.49. The first-order chi connectivity index (χ1) is 9.79. The molecule has 20 heavy (non-hydrogen) atoms. The molecule has 0 aliphatic carbocycles. The highest BCUT2D eigenvalue weighted by atomic mass is 32.1. The van der Waals surface area contributed by atoms with E-state index in [4.69, 9.17) is 4.42 Å². The van der Waals surface area contributed by atoms with Crippen molar-refractivity contribution in [1.82, 2.24) is 10.3 Å². The van der Waals surface area contributed by atoms with E-state index in [2.05, 4.69) is 36.3 Å². The summed E-state index contributed by atoms with van der Waals surface area (Å²) in [5.41, 5.74) is 2.24. The van der Waals surface area contributed by atoms with Crippen LogP contribution < -0.4 is 5.32 Å². The molecule has 3 aromatic rings. The first-order valence-electron chi connectivity index (χ1n) is 6.91.